The van der Waals surface area contributed by atoms with Crippen LogP contribution in [0.1, 0.15) is 55.8 Å². The second-order valence-corrected chi connectivity index (χ2v) is 9.43. The predicted octanol–water partition coefficient (Wildman–Crippen LogP) is 4.29. The van der Waals surface area contributed by atoms with Crippen LogP contribution in [0, 0.1) is 11.8 Å². The van der Waals surface area contributed by atoms with Gasteiger partial charge in [-0.15, -0.1) is 0 Å². The first-order chi connectivity index (χ1) is 15.1. The number of carbonyl (C=O) groups excluding carboxylic acids is 2. The summed E-state index contributed by atoms with van der Waals surface area (Å²) in [5.74, 6) is 0.872. The van der Waals surface area contributed by atoms with Crippen LogP contribution < -0.4 is 5.32 Å². The van der Waals surface area contributed by atoms with E-state index in [-0.39, 0.29) is 18.0 Å². The van der Waals surface area contributed by atoms with E-state index in [2.05, 4.69) is 21.2 Å². The Morgan fingerprint density at radius 2 is 1.97 bits per heavy atom. The first-order valence-electron chi connectivity index (χ1n) is 11.9. The van der Waals surface area contributed by atoms with Crippen molar-refractivity contribution in [1.29, 1.82) is 0 Å². The largest absolute Gasteiger partial charge is 0.462 e. The zero-order valence-corrected chi connectivity index (χ0v) is 18.4. The molecule has 1 N–H and O–H groups in total. The molecule has 166 valence electrons. The molecule has 1 aromatic carbocycles. The Bertz CT molecular complexity index is 865. The van der Waals surface area contributed by atoms with Crippen molar-refractivity contribution in [3.05, 3.63) is 41.5 Å². The van der Waals surface area contributed by atoms with Gasteiger partial charge in [0.2, 0.25) is 0 Å². The van der Waals surface area contributed by atoms with Gasteiger partial charge in [-0.05, 0) is 81.7 Å². The Morgan fingerprint density at radius 3 is 2.77 bits per heavy atom. The van der Waals surface area contributed by atoms with Crippen LogP contribution in [0.3, 0.4) is 0 Å². The van der Waals surface area contributed by atoms with Gasteiger partial charge in [-0.2, -0.15) is 0 Å². The van der Waals surface area contributed by atoms with Crippen LogP contribution >= 0.6 is 0 Å². The average molecular weight is 424 g/mol. The molecule has 0 saturated carbocycles. The maximum atomic E-state index is 13.3. The fraction of sp³-hybridized carbons (Fsp3) is 0.600. The summed E-state index contributed by atoms with van der Waals surface area (Å²) in [6.07, 6.45) is 9.91. The summed E-state index contributed by atoms with van der Waals surface area (Å²) in [6, 6.07) is 7.89. The predicted molar refractivity (Wildman–Crippen MR) is 120 cm³/mol. The molecule has 4 atom stereocenters. The van der Waals surface area contributed by atoms with Gasteiger partial charge in [0.15, 0.2) is 0 Å². The van der Waals surface area contributed by atoms with E-state index < -0.39 is 0 Å². The molecular formula is C25H33N3O3. The second kappa shape index (κ2) is 8.65. The molecule has 0 spiro atoms. The third-order valence-corrected chi connectivity index (χ3v) is 7.57. The van der Waals surface area contributed by atoms with Gasteiger partial charge >= 0.3 is 12.0 Å². The Balaban J connectivity index is 1.31. The number of benzene rings is 1. The summed E-state index contributed by atoms with van der Waals surface area (Å²) in [4.78, 5) is 29.9. The van der Waals surface area contributed by atoms with Gasteiger partial charge in [-0.1, -0.05) is 18.1 Å². The molecule has 3 saturated heterocycles. The molecule has 5 rings (SSSR count). The molecule has 1 aromatic rings. The normalized spacial score (nSPS) is 30.0. The quantitative estimate of drug-likeness (QED) is 0.582. The van der Waals surface area contributed by atoms with Gasteiger partial charge in [0.1, 0.15) is 0 Å². The highest BCUT2D eigenvalue weighted by molar-refractivity contribution is 5.92. The maximum absolute atomic E-state index is 13.3. The molecule has 4 aliphatic rings. The number of nitrogens with zero attached hydrogens (tertiary/aromatic N) is 2. The zero-order valence-electron chi connectivity index (χ0n) is 18.4. The first-order valence-corrected chi connectivity index (χ1v) is 11.9. The average Bonchev–Trinajstić information content (AvgIpc) is 2.79. The highest BCUT2D eigenvalue weighted by Gasteiger charge is 2.46. The number of hydrogen-bond acceptors (Lipinski definition) is 4. The molecule has 3 fully saturated rings. The number of likely N-dealkylation sites (tertiary alicyclic amines) is 1. The maximum Gasteiger partial charge on any atom is 0.338 e. The summed E-state index contributed by atoms with van der Waals surface area (Å²) < 4.78 is 5.03. The van der Waals surface area contributed by atoms with E-state index >= 15 is 0 Å². The number of amides is 2. The lowest BCUT2D eigenvalue weighted by molar-refractivity contribution is 0.00908. The standard InChI is InChI=1S/C25H33N3O3/c1-2-31-24(29)17-8-10-21(11-9-17)26-25(30)28-13-5-6-18-14-19-15-20(23(18)28)16-27-12-4-3-7-22(19)27/h8-11,14,19-20,22-23H,2-7,12-13,15-16H2,1H3,(H,26,30)/t19-,20-,22?,23?/m0/s1. The van der Waals surface area contributed by atoms with Crippen molar-refractivity contribution < 1.29 is 14.3 Å². The Morgan fingerprint density at radius 1 is 1.13 bits per heavy atom. The van der Waals surface area contributed by atoms with Crippen LogP contribution in [0.2, 0.25) is 0 Å². The number of anilines is 1. The van der Waals surface area contributed by atoms with Crippen molar-refractivity contribution >= 4 is 17.7 Å². The van der Waals surface area contributed by atoms with Crippen LogP contribution in [0.4, 0.5) is 10.5 Å². The van der Waals surface area contributed by atoms with Crippen molar-refractivity contribution in [3.8, 4) is 0 Å². The number of urea groups is 1. The topological polar surface area (TPSA) is 61.9 Å². The molecule has 2 amide bonds. The minimum atomic E-state index is -0.337. The number of esters is 1. The van der Waals surface area contributed by atoms with Crippen LogP contribution in [-0.4, -0.2) is 60.1 Å². The van der Waals surface area contributed by atoms with Crippen LogP contribution in [0.25, 0.3) is 0 Å². The van der Waals surface area contributed by atoms with E-state index in [4.69, 9.17) is 4.74 Å². The summed E-state index contributed by atoms with van der Waals surface area (Å²) in [5, 5.41) is 3.07. The lowest BCUT2D eigenvalue weighted by atomic mass is 9.68. The third-order valence-electron chi connectivity index (χ3n) is 7.57. The molecule has 3 aliphatic heterocycles. The molecule has 0 radical (unpaired) electrons. The van der Waals surface area contributed by atoms with Crippen LogP contribution in [0.5, 0.6) is 0 Å². The minimum Gasteiger partial charge on any atom is -0.462 e. The fourth-order valence-electron chi connectivity index (χ4n) is 6.30. The van der Waals surface area contributed by atoms with E-state index in [1.165, 1.54) is 37.8 Å². The van der Waals surface area contributed by atoms with Gasteiger partial charge in [0.25, 0.3) is 0 Å². The highest BCUT2D eigenvalue weighted by atomic mass is 16.5. The number of nitrogens with one attached hydrogen (secondary N) is 1. The van der Waals surface area contributed by atoms with E-state index in [9.17, 15) is 9.59 Å². The number of carbonyl (C=O) groups is 2. The molecule has 31 heavy (non-hydrogen) atoms. The monoisotopic (exact) mass is 423 g/mol. The van der Waals surface area contributed by atoms with E-state index in [1.54, 1.807) is 31.2 Å². The van der Waals surface area contributed by atoms with Gasteiger partial charge in [-0.25, -0.2) is 9.59 Å². The first kappa shape index (κ1) is 20.6. The molecule has 6 nitrogen and oxygen atoms in total. The fourth-order valence-corrected chi connectivity index (χ4v) is 6.30. The highest BCUT2D eigenvalue weighted by Crippen LogP contribution is 2.45. The van der Waals surface area contributed by atoms with Crippen LogP contribution in [0.15, 0.2) is 35.9 Å². The van der Waals surface area contributed by atoms with Gasteiger partial charge in [0.05, 0.1) is 18.2 Å². The number of ether oxygens (including phenoxy) is 1. The summed E-state index contributed by atoms with van der Waals surface area (Å²) >= 11 is 0. The second-order valence-electron chi connectivity index (χ2n) is 9.43. The van der Waals surface area contributed by atoms with Gasteiger partial charge in [-0.3, -0.25) is 4.90 Å². The van der Waals surface area contributed by atoms with E-state index in [0.29, 0.717) is 29.7 Å². The lowest BCUT2D eigenvalue weighted by Gasteiger charge is -2.54. The number of fused-ring (bicyclic) bond motifs is 6. The van der Waals surface area contributed by atoms with Crippen molar-refractivity contribution in [2.75, 3.05) is 31.6 Å². The van der Waals surface area contributed by atoms with Gasteiger partial charge in [0, 0.05) is 24.8 Å². The van der Waals surface area contributed by atoms with Crippen LogP contribution in [-0.2, 0) is 4.74 Å². The smallest absolute Gasteiger partial charge is 0.338 e. The molecule has 1 aliphatic carbocycles. The SMILES string of the molecule is CCOC(=O)c1ccc(NC(=O)N2CCCC3=C[C@H]4C[C@@H](CN5CCCCC45)C32)cc1. The Kier molecular flexibility index (Phi) is 5.74. The summed E-state index contributed by atoms with van der Waals surface area (Å²) in [6.45, 7) is 5.29. The van der Waals surface area contributed by atoms with Gasteiger partial charge < -0.3 is 15.0 Å². The molecule has 0 aromatic heterocycles. The third kappa shape index (κ3) is 3.98. The van der Waals surface area contributed by atoms with Crippen molar-refractivity contribution in [3.63, 3.8) is 0 Å². The van der Waals surface area contributed by atoms with Crippen molar-refractivity contribution in [2.24, 2.45) is 11.8 Å². The Hall–Kier alpha value is -2.34. The zero-order chi connectivity index (χ0) is 21.4. The molecular weight excluding hydrogens is 390 g/mol. The van der Waals surface area contributed by atoms with Crippen molar-refractivity contribution in [2.45, 2.75) is 57.5 Å². The number of hydrogen-bond donors (Lipinski definition) is 1. The molecule has 2 bridgehead atoms. The summed E-state index contributed by atoms with van der Waals surface area (Å²) in [7, 11) is 0. The minimum absolute atomic E-state index is 0.0290. The lowest BCUT2D eigenvalue weighted by Crippen LogP contribution is -2.60. The summed E-state index contributed by atoms with van der Waals surface area (Å²) in [5.41, 5.74) is 2.70. The molecule has 3 heterocycles. The number of piperidine rings is 3. The van der Waals surface area contributed by atoms with E-state index in [0.717, 1.165) is 32.0 Å². The molecule has 2 unspecified atom stereocenters. The van der Waals surface area contributed by atoms with E-state index in [1.807, 2.05) is 0 Å². The molecule has 6 heteroatoms. The Labute approximate surface area is 184 Å². The number of rotatable bonds is 3. The van der Waals surface area contributed by atoms with Crippen molar-refractivity contribution in [1.82, 2.24) is 9.80 Å².